The first-order valence-corrected chi connectivity index (χ1v) is 7.72. The minimum atomic E-state index is -0.210. The van der Waals surface area contributed by atoms with Crippen molar-refractivity contribution >= 4 is 17.5 Å². The molecule has 1 saturated carbocycles. The van der Waals surface area contributed by atoms with Crippen LogP contribution in [-0.2, 0) is 0 Å². The number of amides is 1. The van der Waals surface area contributed by atoms with Crippen molar-refractivity contribution in [2.75, 3.05) is 6.61 Å². The van der Waals surface area contributed by atoms with Gasteiger partial charge in [-0.2, -0.15) is 0 Å². The molecular weight excluding hydrogens is 286 g/mol. The van der Waals surface area contributed by atoms with Gasteiger partial charge in [0.15, 0.2) is 0 Å². The summed E-state index contributed by atoms with van der Waals surface area (Å²) >= 11 is 6.11. The fraction of sp³-hybridized carbons (Fsp3) is 0.471. The van der Waals surface area contributed by atoms with Gasteiger partial charge in [0, 0.05) is 17.2 Å². The Hall–Kier alpha value is -1.50. The Morgan fingerprint density at radius 3 is 2.86 bits per heavy atom. The van der Waals surface area contributed by atoms with E-state index in [2.05, 4.69) is 24.1 Å². The average molecular weight is 306 g/mol. The van der Waals surface area contributed by atoms with Crippen LogP contribution in [0.4, 0.5) is 0 Å². The highest BCUT2D eigenvalue weighted by Crippen LogP contribution is 2.34. The van der Waals surface area contributed by atoms with E-state index in [0.29, 0.717) is 16.1 Å². The van der Waals surface area contributed by atoms with Crippen molar-refractivity contribution < 1.29 is 9.90 Å². The maximum Gasteiger partial charge on any atom is 0.251 e. The SMILES string of the molecule is CCC(CC1CC1)NC(=O)c1ccc(C#CCO)c(Cl)c1. The quantitative estimate of drug-likeness (QED) is 0.822. The second-order valence-corrected chi connectivity index (χ2v) is 5.82. The predicted molar refractivity (Wildman–Crippen MR) is 84.3 cm³/mol. The zero-order chi connectivity index (χ0) is 15.2. The lowest BCUT2D eigenvalue weighted by atomic mass is 10.1. The first-order valence-electron chi connectivity index (χ1n) is 7.34. The molecule has 1 amide bonds. The van der Waals surface area contributed by atoms with Crippen molar-refractivity contribution in [3.05, 3.63) is 34.3 Å². The summed E-state index contributed by atoms with van der Waals surface area (Å²) in [6.45, 7) is 1.88. The van der Waals surface area contributed by atoms with Crippen LogP contribution in [-0.4, -0.2) is 23.7 Å². The van der Waals surface area contributed by atoms with E-state index in [1.165, 1.54) is 12.8 Å². The van der Waals surface area contributed by atoms with Crippen LogP contribution in [0.15, 0.2) is 18.2 Å². The molecule has 2 rings (SSSR count). The van der Waals surface area contributed by atoms with Crippen LogP contribution in [0.1, 0.15) is 48.5 Å². The summed E-state index contributed by atoms with van der Waals surface area (Å²) in [5.41, 5.74) is 1.16. The summed E-state index contributed by atoms with van der Waals surface area (Å²) in [6.07, 6.45) is 4.58. The Kier molecular flexibility index (Phi) is 5.67. The number of hydrogen-bond donors (Lipinski definition) is 2. The second-order valence-electron chi connectivity index (χ2n) is 5.41. The zero-order valence-corrected chi connectivity index (χ0v) is 12.9. The Bertz CT molecular complexity index is 570. The van der Waals surface area contributed by atoms with Gasteiger partial charge < -0.3 is 10.4 Å². The molecule has 0 heterocycles. The third-order valence-corrected chi connectivity index (χ3v) is 3.99. The summed E-state index contributed by atoms with van der Waals surface area (Å²) in [5.74, 6) is 5.99. The number of halogens is 1. The van der Waals surface area contributed by atoms with Gasteiger partial charge in [0.05, 0.1) is 5.02 Å². The van der Waals surface area contributed by atoms with Crippen LogP contribution in [0.3, 0.4) is 0 Å². The van der Waals surface area contributed by atoms with Crippen LogP contribution < -0.4 is 5.32 Å². The number of rotatable bonds is 5. The van der Waals surface area contributed by atoms with Crippen molar-refractivity contribution in [1.29, 1.82) is 0 Å². The van der Waals surface area contributed by atoms with E-state index in [0.717, 1.165) is 18.8 Å². The number of hydrogen-bond acceptors (Lipinski definition) is 2. The fourth-order valence-corrected chi connectivity index (χ4v) is 2.47. The largest absolute Gasteiger partial charge is 0.384 e. The van der Waals surface area contributed by atoms with Crippen LogP contribution >= 0.6 is 11.6 Å². The van der Waals surface area contributed by atoms with Gasteiger partial charge in [-0.25, -0.2) is 0 Å². The van der Waals surface area contributed by atoms with E-state index in [-0.39, 0.29) is 18.6 Å². The van der Waals surface area contributed by atoms with Crippen molar-refractivity contribution in [3.8, 4) is 11.8 Å². The van der Waals surface area contributed by atoms with Crippen molar-refractivity contribution in [2.45, 2.75) is 38.6 Å². The monoisotopic (exact) mass is 305 g/mol. The Morgan fingerprint density at radius 2 is 2.29 bits per heavy atom. The molecule has 1 aliphatic carbocycles. The third kappa shape index (κ3) is 4.77. The number of carbonyl (C=O) groups is 1. The Labute approximate surface area is 130 Å². The van der Waals surface area contributed by atoms with E-state index in [1.807, 2.05) is 0 Å². The van der Waals surface area contributed by atoms with Crippen molar-refractivity contribution in [3.63, 3.8) is 0 Å². The molecule has 0 saturated heterocycles. The van der Waals surface area contributed by atoms with E-state index < -0.39 is 0 Å². The van der Waals surface area contributed by atoms with Crippen molar-refractivity contribution in [2.24, 2.45) is 5.92 Å². The lowest BCUT2D eigenvalue weighted by Gasteiger charge is -2.16. The smallest absolute Gasteiger partial charge is 0.251 e. The molecule has 0 aliphatic heterocycles. The zero-order valence-electron chi connectivity index (χ0n) is 12.2. The number of aliphatic hydroxyl groups is 1. The van der Waals surface area contributed by atoms with Gasteiger partial charge >= 0.3 is 0 Å². The first kappa shape index (κ1) is 15.9. The molecule has 1 atom stereocenters. The van der Waals surface area contributed by atoms with Gasteiger partial charge in [-0.3, -0.25) is 4.79 Å². The highest BCUT2D eigenvalue weighted by molar-refractivity contribution is 6.32. The van der Waals surface area contributed by atoms with Crippen LogP contribution in [0, 0.1) is 17.8 Å². The Balaban J connectivity index is 2.02. The van der Waals surface area contributed by atoms with E-state index >= 15 is 0 Å². The van der Waals surface area contributed by atoms with Crippen LogP contribution in [0.5, 0.6) is 0 Å². The standard InChI is InChI=1S/C17H20ClNO2/c1-2-15(10-12-5-6-12)19-17(21)14-8-7-13(4-3-9-20)16(18)11-14/h7-8,11-12,15,20H,2,5-6,9-10H2,1H3,(H,19,21). The maximum atomic E-state index is 12.2. The normalized spacial score (nSPS) is 15.0. The van der Waals surface area contributed by atoms with Gasteiger partial charge in [-0.1, -0.05) is 43.2 Å². The van der Waals surface area contributed by atoms with E-state index in [1.54, 1.807) is 18.2 Å². The fourth-order valence-electron chi connectivity index (χ4n) is 2.24. The molecule has 1 aliphatic rings. The molecule has 0 aromatic heterocycles. The summed E-state index contributed by atoms with van der Waals surface area (Å²) < 4.78 is 0. The summed E-state index contributed by atoms with van der Waals surface area (Å²) in [5, 5.41) is 12.2. The number of nitrogens with one attached hydrogen (secondary N) is 1. The van der Waals surface area contributed by atoms with E-state index in [9.17, 15) is 4.79 Å². The molecular formula is C17H20ClNO2. The summed E-state index contributed by atoms with van der Waals surface area (Å²) in [6, 6.07) is 5.29. The van der Waals surface area contributed by atoms with E-state index in [4.69, 9.17) is 16.7 Å². The van der Waals surface area contributed by atoms with Gasteiger partial charge in [0.2, 0.25) is 0 Å². The molecule has 3 nitrogen and oxygen atoms in total. The molecule has 1 aromatic rings. The minimum Gasteiger partial charge on any atom is -0.384 e. The van der Waals surface area contributed by atoms with Gasteiger partial charge in [0.25, 0.3) is 5.91 Å². The summed E-state index contributed by atoms with van der Waals surface area (Å²) in [4.78, 5) is 12.2. The maximum absolute atomic E-state index is 12.2. The molecule has 112 valence electrons. The highest BCUT2D eigenvalue weighted by atomic mass is 35.5. The average Bonchev–Trinajstić information content (AvgIpc) is 3.29. The molecule has 0 bridgehead atoms. The molecule has 4 heteroatoms. The van der Waals surface area contributed by atoms with Crippen LogP contribution in [0.2, 0.25) is 5.02 Å². The third-order valence-electron chi connectivity index (χ3n) is 3.68. The predicted octanol–water partition coefficient (Wildman–Crippen LogP) is 2.99. The molecule has 1 fully saturated rings. The number of benzene rings is 1. The lowest BCUT2D eigenvalue weighted by Crippen LogP contribution is -2.34. The van der Waals surface area contributed by atoms with Gasteiger partial charge in [-0.15, -0.1) is 0 Å². The first-order chi connectivity index (χ1) is 10.1. The second kappa shape index (κ2) is 7.49. The molecule has 1 aromatic carbocycles. The number of carbonyl (C=O) groups excluding carboxylic acids is 1. The summed E-state index contributed by atoms with van der Waals surface area (Å²) in [7, 11) is 0. The Morgan fingerprint density at radius 1 is 1.52 bits per heavy atom. The van der Waals surface area contributed by atoms with Crippen LogP contribution in [0.25, 0.3) is 0 Å². The molecule has 1 unspecified atom stereocenters. The lowest BCUT2D eigenvalue weighted by molar-refractivity contribution is 0.0932. The highest BCUT2D eigenvalue weighted by Gasteiger charge is 2.25. The molecule has 0 radical (unpaired) electrons. The molecule has 2 N–H and O–H groups in total. The minimum absolute atomic E-state index is 0.0916. The topological polar surface area (TPSA) is 49.3 Å². The molecule has 21 heavy (non-hydrogen) atoms. The number of aliphatic hydroxyl groups excluding tert-OH is 1. The molecule has 0 spiro atoms. The van der Waals surface area contributed by atoms with Crippen molar-refractivity contribution in [1.82, 2.24) is 5.32 Å². The van der Waals surface area contributed by atoms with Gasteiger partial charge in [0.1, 0.15) is 6.61 Å². The van der Waals surface area contributed by atoms with Gasteiger partial charge in [-0.05, 0) is 37.0 Å².